The van der Waals surface area contributed by atoms with E-state index >= 15 is 0 Å². The van der Waals surface area contributed by atoms with Crippen LogP contribution < -0.4 is 5.32 Å². The molecule has 0 saturated heterocycles. The molecule has 1 heterocycles. The first-order chi connectivity index (χ1) is 8.15. The van der Waals surface area contributed by atoms with Crippen LogP contribution in [0.15, 0.2) is 18.2 Å². The van der Waals surface area contributed by atoms with E-state index in [1.807, 2.05) is 0 Å². The predicted octanol–water partition coefficient (Wildman–Crippen LogP) is 1.68. The number of carbonyl (C=O) groups excluding carboxylic acids is 2. The van der Waals surface area contributed by atoms with Crippen molar-refractivity contribution in [2.45, 2.75) is 6.29 Å². The number of rotatable bonds is 2. The first-order valence-corrected chi connectivity index (χ1v) is 4.88. The van der Waals surface area contributed by atoms with Crippen molar-refractivity contribution in [2.24, 2.45) is 0 Å². The van der Waals surface area contributed by atoms with Crippen LogP contribution in [0, 0.1) is 0 Å². The van der Waals surface area contributed by atoms with Gasteiger partial charge < -0.3 is 14.2 Å². The molecule has 6 heteroatoms. The van der Waals surface area contributed by atoms with Gasteiger partial charge in [-0.2, -0.15) is 0 Å². The van der Waals surface area contributed by atoms with Gasteiger partial charge in [-0.3, -0.25) is 5.32 Å². The third-order valence-corrected chi connectivity index (χ3v) is 2.39. The minimum atomic E-state index is -0.759. The molecular weight excluding hydrogens is 226 g/mol. The lowest BCUT2D eigenvalue weighted by Gasteiger charge is -2.24. The van der Waals surface area contributed by atoms with Gasteiger partial charge in [-0.25, -0.2) is 9.59 Å². The summed E-state index contributed by atoms with van der Waals surface area (Å²) in [6.45, 7) is 0. The fourth-order valence-electron chi connectivity index (χ4n) is 1.59. The van der Waals surface area contributed by atoms with E-state index in [0.717, 1.165) is 0 Å². The minimum absolute atomic E-state index is 0.350. The van der Waals surface area contributed by atoms with E-state index in [2.05, 4.69) is 10.1 Å². The molecule has 6 nitrogen and oxygen atoms in total. The summed E-state index contributed by atoms with van der Waals surface area (Å²) in [7, 11) is 2.72. The summed E-state index contributed by atoms with van der Waals surface area (Å²) in [5, 5.41) is 2.49. The molecule has 1 aromatic rings. The number of benzene rings is 1. The third kappa shape index (κ3) is 2.07. The molecular formula is C11H11NO5. The van der Waals surface area contributed by atoms with E-state index in [1.165, 1.54) is 20.3 Å². The van der Waals surface area contributed by atoms with Gasteiger partial charge in [0.15, 0.2) is 0 Å². The largest absolute Gasteiger partial charge is 0.465 e. The zero-order chi connectivity index (χ0) is 12.4. The molecule has 0 spiro atoms. The summed E-state index contributed by atoms with van der Waals surface area (Å²) in [6, 6.07) is 4.75. The van der Waals surface area contributed by atoms with Gasteiger partial charge in [0.25, 0.3) is 0 Å². The smallest absolute Gasteiger partial charge is 0.414 e. The molecule has 17 heavy (non-hydrogen) atoms. The van der Waals surface area contributed by atoms with Crippen molar-refractivity contribution in [3.8, 4) is 0 Å². The van der Waals surface area contributed by atoms with Crippen molar-refractivity contribution < 1.29 is 23.8 Å². The number of hydrogen-bond donors (Lipinski definition) is 1. The summed E-state index contributed by atoms with van der Waals surface area (Å²) in [5.41, 5.74) is 1.49. The zero-order valence-electron chi connectivity index (χ0n) is 9.35. The van der Waals surface area contributed by atoms with Gasteiger partial charge in [0.1, 0.15) is 0 Å². The van der Waals surface area contributed by atoms with E-state index in [4.69, 9.17) is 9.47 Å². The maximum atomic E-state index is 11.3. The number of methoxy groups -OCH3 is 2. The molecule has 90 valence electrons. The van der Waals surface area contributed by atoms with Crippen LogP contribution in [-0.4, -0.2) is 26.3 Å². The number of carbonyl (C=O) groups is 2. The second-order valence-electron chi connectivity index (χ2n) is 3.39. The SMILES string of the molecule is COC(=O)c1ccc2c(c1)NC(=O)OC2OC. The summed E-state index contributed by atoms with van der Waals surface area (Å²) < 4.78 is 14.5. The number of hydrogen-bond acceptors (Lipinski definition) is 5. The molecule has 1 atom stereocenters. The van der Waals surface area contributed by atoms with Crippen molar-refractivity contribution in [3.63, 3.8) is 0 Å². The molecule has 0 aromatic heterocycles. The highest BCUT2D eigenvalue weighted by Gasteiger charge is 2.26. The standard InChI is InChI=1S/C11H11NO5/c1-15-9(13)6-3-4-7-8(5-6)12-11(14)17-10(7)16-2/h3-5,10H,1-2H3,(H,12,14). The van der Waals surface area contributed by atoms with E-state index < -0.39 is 18.4 Å². The molecule has 1 unspecified atom stereocenters. The third-order valence-electron chi connectivity index (χ3n) is 2.39. The Morgan fingerprint density at radius 3 is 2.82 bits per heavy atom. The van der Waals surface area contributed by atoms with Crippen LogP contribution in [0.3, 0.4) is 0 Å². The highest BCUT2D eigenvalue weighted by atomic mass is 16.7. The molecule has 0 bridgehead atoms. The Kier molecular flexibility index (Phi) is 2.97. The monoisotopic (exact) mass is 237 g/mol. The number of cyclic esters (lactones) is 1. The van der Waals surface area contributed by atoms with Crippen LogP contribution in [0.4, 0.5) is 10.5 Å². The fraction of sp³-hybridized carbons (Fsp3) is 0.273. The first kappa shape index (κ1) is 11.4. The lowest BCUT2D eigenvalue weighted by molar-refractivity contribution is -0.0828. The number of anilines is 1. The van der Waals surface area contributed by atoms with Crippen molar-refractivity contribution in [1.82, 2.24) is 0 Å². The average Bonchev–Trinajstić information content (AvgIpc) is 2.35. The van der Waals surface area contributed by atoms with Crippen LogP contribution in [0.2, 0.25) is 0 Å². The maximum absolute atomic E-state index is 11.3. The van der Waals surface area contributed by atoms with Crippen LogP contribution in [-0.2, 0) is 14.2 Å². The lowest BCUT2D eigenvalue weighted by Crippen LogP contribution is -2.25. The Balaban J connectivity index is 2.41. The van der Waals surface area contributed by atoms with Crippen molar-refractivity contribution in [2.75, 3.05) is 19.5 Å². The van der Waals surface area contributed by atoms with Gasteiger partial charge in [-0.1, -0.05) is 0 Å². The van der Waals surface area contributed by atoms with Crippen LogP contribution in [0.5, 0.6) is 0 Å². The molecule has 0 aliphatic carbocycles. The molecule has 0 fully saturated rings. The van der Waals surface area contributed by atoms with Crippen LogP contribution in [0.25, 0.3) is 0 Å². The quantitative estimate of drug-likeness (QED) is 0.792. The van der Waals surface area contributed by atoms with E-state index in [9.17, 15) is 9.59 Å². The Morgan fingerprint density at radius 2 is 2.18 bits per heavy atom. The number of esters is 1. The summed E-state index contributed by atoms with van der Waals surface area (Å²) in [5.74, 6) is -0.470. The van der Waals surface area contributed by atoms with E-state index in [-0.39, 0.29) is 0 Å². The summed E-state index contributed by atoms with van der Waals surface area (Å²) >= 11 is 0. The van der Waals surface area contributed by atoms with E-state index in [0.29, 0.717) is 16.8 Å². The summed E-state index contributed by atoms with van der Waals surface area (Å²) in [4.78, 5) is 22.6. The molecule has 0 saturated carbocycles. The fourth-order valence-corrected chi connectivity index (χ4v) is 1.59. The van der Waals surface area contributed by atoms with Crippen LogP contribution in [0.1, 0.15) is 22.2 Å². The molecule has 2 rings (SSSR count). The molecule has 1 aliphatic rings. The molecule has 1 aromatic carbocycles. The topological polar surface area (TPSA) is 73.9 Å². The van der Waals surface area contributed by atoms with Crippen molar-refractivity contribution in [3.05, 3.63) is 29.3 Å². The molecule has 1 N–H and O–H groups in total. The van der Waals surface area contributed by atoms with Crippen molar-refractivity contribution >= 4 is 17.7 Å². The highest BCUT2D eigenvalue weighted by molar-refractivity contribution is 5.94. The van der Waals surface area contributed by atoms with Crippen LogP contribution >= 0.6 is 0 Å². The van der Waals surface area contributed by atoms with E-state index in [1.54, 1.807) is 12.1 Å². The number of fused-ring (bicyclic) bond motifs is 1. The Morgan fingerprint density at radius 1 is 1.41 bits per heavy atom. The van der Waals surface area contributed by atoms with Crippen molar-refractivity contribution in [1.29, 1.82) is 0 Å². The number of nitrogens with one attached hydrogen (secondary N) is 1. The number of ether oxygens (including phenoxy) is 3. The first-order valence-electron chi connectivity index (χ1n) is 4.88. The number of amides is 1. The van der Waals surface area contributed by atoms with Gasteiger partial charge in [-0.15, -0.1) is 0 Å². The minimum Gasteiger partial charge on any atom is -0.465 e. The zero-order valence-corrected chi connectivity index (χ0v) is 9.35. The van der Waals surface area contributed by atoms with Gasteiger partial charge in [0.05, 0.1) is 18.4 Å². The van der Waals surface area contributed by atoms with Gasteiger partial charge >= 0.3 is 12.1 Å². The maximum Gasteiger partial charge on any atom is 0.414 e. The highest BCUT2D eigenvalue weighted by Crippen LogP contribution is 2.31. The Bertz CT molecular complexity index is 471. The molecule has 1 amide bonds. The molecule has 0 radical (unpaired) electrons. The Labute approximate surface area is 97.5 Å². The second kappa shape index (κ2) is 4.42. The second-order valence-corrected chi connectivity index (χ2v) is 3.39. The lowest BCUT2D eigenvalue weighted by atomic mass is 10.1. The molecule has 1 aliphatic heterocycles. The Hall–Kier alpha value is -2.08. The average molecular weight is 237 g/mol. The normalized spacial score (nSPS) is 17.8. The van der Waals surface area contributed by atoms with Gasteiger partial charge in [0, 0.05) is 12.7 Å². The summed E-state index contributed by atoms with van der Waals surface area (Å²) in [6.07, 6.45) is -1.38. The van der Waals surface area contributed by atoms with Gasteiger partial charge in [0.2, 0.25) is 6.29 Å². The van der Waals surface area contributed by atoms with Gasteiger partial charge in [-0.05, 0) is 18.2 Å². The predicted molar refractivity (Wildman–Crippen MR) is 57.6 cm³/mol.